The molecule has 1 saturated heterocycles. The van der Waals surface area contributed by atoms with E-state index in [-0.39, 0.29) is 17.8 Å². The van der Waals surface area contributed by atoms with Crippen molar-refractivity contribution in [2.24, 2.45) is 11.7 Å². The summed E-state index contributed by atoms with van der Waals surface area (Å²) in [4.78, 5) is 22.3. The van der Waals surface area contributed by atoms with E-state index < -0.39 is 0 Å². The molecule has 3 N–H and O–H groups in total. The lowest BCUT2D eigenvalue weighted by Crippen LogP contribution is -2.30. The highest BCUT2D eigenvalue weighted by Crippen LogP contribution is 2.34. The fourth-order valence-corrected chi connectivity index (χ4v) is 4.41. The van der Waals surface area contributed by atoms with Crippen LogP contribution in [0.15, 0.2) is 37.3 Å². The zero-order valence-electron chi connectivity index (χ0n) is 17.5. The Hall–Kier alpha value is -4.04. The molecule has 0 aromatic carbocycles. The van der Waals surface area contributed by atoms with Gasteiger partial charge in [-0.3, -0.25) is 4.68 Å². The Kier molecular flexibility index (Phi) is 5.12. The van der Waals surface area contributed by atoms with Gasteiger partial charge in [0.15, 0.2) is 11.4 Å². The lowest BCUT2D eigenvalue weighted by atomic mass is 9.99. The zero-order chi connectivity index (χ0) is 22.1. The molecule has 0 unspecified atom stereocenters. The number of aromatic nitrogens is 7. The number of hydrogen-bond donors (Lipinski definition) is 2. The maximum absolute atomic E-state index is 9.58. The van der Waals surface area contributed by atoms with E-state index in [0.29, 0.717) is 24.5 Å². The van der Waals surface area contributed by atoms with Crippen molar-refractivity contribution >= 4 is 16.9 Å². The molecule has 0 bridgehead atoms. The van der Waals surface area contributed by atoms with E-state index in [0.717, 1.165) is 35.3 Å². The van der Waals surface area contributed by atoms with Gasteiger partial charge in [0.1, 0.15) is 24.4 Å². The standard InChI is InChI=1S/C21H22N10O/c1-32-21-16(6-22)20(27-12-28-21)30-5-3-13(9-30)17(7-23)31-10-14(8-29-31)18-15-2-4-24-19(15)26-11-25-18/h2,4,8,10-13,17H,3,5,7,9,23H2,1H3,(H,24,25,26)/t13-,17-/m0/s1. The molecule has 0 spiro atoms. The quantitative estimate of drug-likeness (QED) is 0.464. The van der Waals surface area contributed by atoms with Gasteiger partial charge in [0.05, 0.1) is 25.0 Å². The van der Waals surface area contributed by atoms with Gasteiger partial charge in [0.2, 0.25) is 5.88 Å². The van der Waals surface area contributed by atoms with E-state index >= 15 is 0 Å². The van der Waals surface area contributed by atoms with Crippen molar-refractivity contribution in [2.45, 2.75) is 12.5 Å². The Labute approximate surface area is 183 Å². The highest BCUT2D eigenvalue weighted by molar-refractivity contribution is 5.89. The minimum atomic E-state index is 0.00608. The molecule has 5 heterocycles. The zero-order valence-corrected chi connectivity index (χ0v) is 17.5. The highest BCUT2D eigenvalue weighted by atomic mass is 16.5. The van der Waals surface area contributed by atoms with Crippen LogP contribution in [0, 0.1) is 17.2 Å². The normalized spacial score (nSPS) is 16.9. The van der Waals surface area contributed by atoms with Gasteiger partial charge in [-0.25, -0.2) is 19.9 Å². The summed E-state index contributed by atoms with van der Waals surface area (Å²) in [7, 11) is 1.50. The average molecular weight is 430 g/mol. The molecule has 4 aromatic rings. The van der Waals surface area contributed by atoms with E-state index in [4.69, 9.17) is 10.5 Å². The molecule has 11 heteroatoms. The van der Waals surface area contributed by atoms with E-state index in [1.165, 1.54) is 13.4 Å². The summed E-state index contributed by atoms with van der Waals surface area (Å²) in [5, 5.41) is 15.1. The third kappa shape index (κ3) is 3.30. The molecular weight excluding hydrogens is 408 g/mol. The van der Waals surface area contributed by atoms with Crippen LogP contribution in [0.2, 0.25) is 0 Å². The summed E-state index contributed by atoms with van der Waals surface area (Å²) in [6, 6.07) is 4.13. The maximum atomic E-state index is 9.58. The Morgan fingerprint density at radius 2 is 2.19 bits per heavy atom. The minimum Gasteiger partial charge on any atom is -0.480 e. The van der Waals surface area contributed by atoms with Crippen molar-refractivity contribution in [3.05, 3.63) is 42.9 Å². The molecule has 0 aliphatic carbocycles. The SMILES string of the molecule is COc1ncnc(N2CC[C@H]([C@H](CN)n3cc(-c4ncnc5[nH]ccc45)cn3)C2)c1C#N. The highest BCUT2D eigenvalue weighted by Gasteiger charge is 2.33. The van der Waals surface area contributed by atoms with Gasteiger partial charge in [-0.1, -0.05) is 0 Å². The monoisotopic (exact) mass is 430 g/mol. The Balaban J connectivity index is 1.39. The molecule has 1 fully saturated rings. The lowest BCUT2D eigenvalue weighted by Gasteiger charge is -2.24. The smallest absolute Gasteiger partial charge is 0.236 e. The molecule has 32 heavy (non-hydrogen) atoms. The molecule has 11 nitrogen and oxygen atoms in total. The first-order valence-electron chi connectivity index (χ1n) is 10.3. The van der Waals surface area contributed by atoms with E-state index in [1.54, 1.807) is 6.33 Å². The molecular formula is C21H22N10O. The van der Waals surface area contributed by atoms with Crippen molar-refractivity contribution in [3.8, 4) is 23.2 Å². The summed E-state index contributed by atoms with van der Waals surface area (Å²) in [6.07, 6.45) is 9.52. The minimum absolute atomic E-state index is 0.00608. The number of aromatic amines is 1. The van der Waals surface area contributed by atoms with Crippen LogP contribution in [0.3, 0.4) is 0 Å². The first-order chi connectivity index (χ1) is 15.7. The maximum Gasteiger partial charge on any atom is 0.236 e. The Bertz CT molecular complexity index is 1290. The van der Waals surface area contributed by atoms with Gasteiger partial charge < -0.3 is 20.4 Å². The molecule has 5 rings (SSSR count). The van der Waals surface area contributed by atoms with Crippen molar-refractivity contribution in [3.63, 3.8) is 0 Å². The number of ether oxygens (including phenoxy) is 1. The first kappa shape index (κ1) is 19.9. The van der Waals surface area contributed by atoms with E-state index in [2.05, 4.69) is 41.0 Å². The number of anilines is 1. The number of H-pyrrole nitrogens is 1. The average Bonchev–Trinajstić information content (AvgIpc) is 3.59. The van der Waals surface area contributed by atoms with E-state index in [9.17, 15) is 5.26 Å². The number of methoxy groups -OCH3 is 1. The lowest BCUT2D eigenvalue weighted by molar-refractivity contribution is 0.334. The fourth-order valence-electron chi connectivity index (χ4n) is 4.41. The number of nitrogens with one attached hydrogen (secondary N) is 1. The number of nitrogens with zero attached hydrogens (tertiary/aromatic N) is 8. The number of rotatable bonds is 6. The van der Waals surface area contributed by atoms with Gasteiger partial charge in [-0.05, 0) is 12.5 Å². The second kappa shape index (κ2) is 8.24. The number of nitriles is 1. The number of hydrogen-bond acceptors (Lipinski definition) is 9. The van der Waals surface area contributed by atoms with E-state index in [1.807, 2.05) is 29.3 Å². The summed E-state index contributed by atoms with van der Waals surface area (Å²) in [5.74, 6) is 1.13. The third-order valence-corrected chi connectivity index (χ3v) is 5.98. The predicted molar refractivity (Wildman–Crippen MR) is 117 cm³/mol. The predicted octanol–water partition coefficient (Wildman–Crippen LogP) is 1.52. The van der Waals surface area contributed by atoms with Crippen molar-refractivity contribution in [2.75, 3.05) is 31.6 Å². The molecule has 1 aliphatic rings. The van der Waals surface area contributed by atoms with Crippen molar-refractivity contribution in [1.29, 1.82) is 5.26 Å². The molecule has 2 atom stereocenters. The van der Waals surface area contributed by atoms with Crippen LogP contribution in [0.4, 0.5) is 5.82 Å². The van der Waals surface area contributed by atoms with Gasteiger partial charge in [0.25, 0.3) is 0 Å². The fraction of sp³-hybridized carbons (Fsp3) is 0.333. The summed E-state index contributed by atoms with van der Waals surface area (Å²) in [6.45, 7) is 1.92. The van der Waals surface area contributed by atoms with Crippen LogP contribution in [0.5, 0.6) is 5.88 Å². The first-order valence-corrected chi connectivity index (χ1v) is 10.3. The largest absolute Gasteiger partial charge is 0.480 e. The summed E-state index contributed by atoms with van der Waals surface area (Å²) in [5.41, 5.74) is 9.07. The van der Waals surface area contributed by atoms with Crippen LogP contribution in [-0.4, -0.2) is 61.4 Å². The molecule has 0 radical (unpaired) electrons. The Morgan fingerprint density at radius 3 is 3.00 bits per heavy atom. The summed E-state index contributed by atoms with van der Waals surface area (Å²) < 4.78 is 7.15. The summed E-state index contributed by atoms with van der Waals surface area (Å²) >= 11 is 0. The third-order valence-electron chi connectivity index (χ3n) is 5.98. The van der Waals surface area contributed by atoms with Gasteiger partial charge >= 0.3 is 0 Å². The second-order valence-electron chi connectivity index (χ2n) is 7.66. The molecule has 0 amide bonds. The van der Waals surface area contributed by atoms with Crippen LogP contribution in [0.25, 0.3) is 22.3 Å². The molecule has 0 saturated carbocycles. The van der Waals surface area contributed by atoms with Crippen LogP contribution in [-0.2, 0) is 0 Å². The van der Waals surface area contributed by atoms with Gasteiger partial charge in [-0.15, -0.1) is 0 Å². The van der Waals surface area contributed by atoms with Crippen molar-refractivity contribution in [1.82, 2.24) is 34.7 Å². The molecule has 1 aliphatic heterocycles. The van der Waals surface area contributed by atoms with Crippen molar-refractivity contribution < 1.29 is 4.74 Å². The van der Waals surface area contributed by atoms with Gasteiger partial charge in [0, 0.05) is 48.9 Å². The second-order valence-corrected chi connectivity index (χ2v) is 7.66. The van der Waals surface area contributed by atoms with Crippen LogP contribution >= 0.6 is 0 Å². The number of fused-ring (bicyclic) bond motifs is 1. The van der Waals surface area contributed by atoms with Crippen LogP contribution in [0.1, 0.15) is 18.0 Å². The molecule has 162 valence electrons. The molecule has 4 aromatic heterocycles. The van der Waals surface area contributed by atoms with Crippen LogP contribution < -0.4 is 15.4 Å². The number of nitrogens with two attached hydrogens (primary N) is 1. The topological polar surface area (TPSA) is 147 Å². The Morgan fingerprint density at radius 1 is 1.31 bits per heavy atom. The van der Waals surface area contributed by atoms with Gasteiger partial charge in [-0.2, -0.15) is 10.4 Å².